The average molecular weight is 215 g/mol. The quantitative estimate of drug-likeness (QED) is 0.274. The minimum absolute atomic E-state index is 0.160. The minimum Gasteiger partial charge on any atom is -0.359 e. The van der Waals surface area contributed by atoms with Crippen LogP contribution >= 0.6 is 0 Å². The molecule has 0 aromatic rings. The number of hydrogen-bond acceptors (Lipinski definition) is 4. The molecule has 0 heterocycles. The highest BCUT2D eigenvalue weighted by atomic mass is 16.7. The molecular weight excluding hydrogens is 198 g/mol. The third-order valence-electron chi connectivity index (χ3n) is 1.64. The second-order valence-electron chi connectivity index (χ2n) is 2.81. The van der Waals surface area contributed by atoms with E-state index < -0.39 is 5.91 Å². The number of allylic oxidation sites excluding steroid dienone is 2. The summed E-state index contributed by atoms with van der Waals surface area (Å²) in [5, 5.41) is 8.30. The number of carbonyl (C=O) groups is 1. The van der Waals surface area contributed by atoms with Crippen LogP contribution in [0.4, 0.5) is 0 Å². The average Bonchev–Trinajstić information content (AvgIpc) is 2.27. The van der Waals surface area contributed by atoms with Gasteiger partial charge in [-0.2, -0.15) is 0 Å². The van der Waals surface area contributed by atoms with E-state index in [2.05, 4.69) is 6.58 Å². The van der Waals surface area contributed by atoms with Crippen molar-refractivity contribution in [2.24, 2.45) is 0 Å². The second kappa shape index (κ2) is 9.39. The van der Waals surface area contributed by atoms with Crippen LogP contribution < -0.4 is 5.48 Å². The lowest BCUT2D eigenvalue weighted by molar-refractivity contribution is -0.130. The van der Waals surface area contributed by atoms with Crippen molar-refractivity contribution in [3.05, 3.63) is 24.8 Å². The van der Waals surface area contributed by atoms with Gasteiger partial charge < -0.3 is 9.47 Å². The maximum Gasteiger partial charge on any atom is 0.243 e. The normalized spacial score (nSPS) is 12.7. The van der Waals surface area contributed by atoms with E-state index in [0.717, 1.165) is 0 Å². The SMILES string of the molecule is C=C/C=C/[C@@H](CCC(=O)NO)OCOC. The first-order valence-electron chi connectivity index (χ1n) is 4.57. The maximum atomic E-state index is 10.8. The summed E-state index contributed by atoms with van der Waals surface area (Å²) in [7, 11) is 1.52. The van der Waals surface area contributed by atoms with Crippen molar-refractivity contribution < 1.29 is 19.5 Å². The fourth-order valence-corrected chi connectivity index (χ4v) is 0.922. The molecule has 0 saturated heterocycles. The largest absolute Gasteiger partial charge is 0.359 e. The number of ether oxygens (including phenoxy) is 2. The zero-order valence-corrected chi connectivity index (χ0v) is 8.81. The second-order valence-corrected chi connectivity index (χ2v) is 2.81. The van der Waals surface area contributed by atoms with Gasteiger partial charge in [0.25, 0.3) is 0 Å². The topological polar surface area (TPSA) is 67.8 Å². The lowest BCUT2D eigenvalue weighted by Gasteiger charge is -2.12. The molecule has 1 amide bonds. The summed E-state index contributed by atoms with van der Waals surface area (Å²) in [4.78, 5) is 10.8. The molecule has 15 heavy (non-hydrogen) atoms. The van der Waals surface area contributed by atoms with Gasteiger partial charge in [0.15, 0.2) is 0 Å². The van der Waals surface area contributed by atoms with Crippen LogP contribution in [0.2, 0.25) is 0 Å². The lowest BCUT2D eigenvalue weighted by Crippen LogP contribution is -2.21. The molecular formula is C10H17NO4. The van der Waals surface area contributed by atoms with Gasteiger partial charge in [-0.1, -0.05) is 24.8 Å². The van der Waals surface area contributed by atoms with Crippen LogP contribution in [0.1, 0.15) is 12.8 Å². The third-order valence-corrected chi connectivity index (χ3v) is 1.64. The summed E-state index contributed by atoms with van der Waals surface area (Å²) in [6.07, 6.45) is 5.57. The molecule has 0 aliphatic heterocycles. The van der Waals surface area contributed by atoms with E-state index in [9.17, 15) is 4.79 Å². The van der Waals surface area contributed by atoms with Gasteiger partial charge in [-0.05, 0) is 6.42 Å². The van der Waals surface area contributed by atoms with Crippen LogP contribution in [-0.2, 0) is 14.3 Å². The van der Waals surface area contributed by atoms with Crippen molar-refractivity contribution in [2.45, 2.75) is 18.9 Å². The van der Waals surface area contributed by atoms with Crippen molar-refractivity contribution in [2.75, 3.05) is 13.9 Å². The Morgan fingerprint density at radius 3 is 2.93 bits per heavy atom. The summed E-state index contributed by atoms with van der Waals surface area (Å²) in [6.45, 7) is 3.69. The van der Waals surface area contributed by atoms with E-state index in [0.29, 0.717) is 6.42 Å². The highest BCUT2D eigenvalue weighted by Gasteiger charge is 2.07. The molecule has 0 aromatic carbocycles. The van der Waals surface area contributed by atoms with E-state index in [1.54, 1.807) is 23.7 Å². The van der Waals surface area contributed by atoms with E-state index in [4.69, 9.17) is 14.7 Å². The molecule has 0 unspecified atom stereocenters. The molecule has 5 nitrogen and oxygen atoms in total. The number of hydroxylamine groups is 1. The first-order chi connectivity index (χ1) is 7.24. The molecule has 0 radical (unpaired) electrons. The smallest absolute Gasteiger partial charge is 0.243 e. The Morgan fingerprint density at radius 1 is 1.67 bits per heavy atom. The van der Waals surface area contributed by atoms with Crippen LogP contribution in [0.5, 0.6) is 0 Å². The Bertz CT molecular complexity index is 215. The highest BCUT2D eigenvalue weighted by molar-refractivity contribution is 5.74. The molecule has 86 valence electrons. The zero-order valence-electron chi connectivity index (χ0n) is 8.81. The van der Waals surface area contributed by atoms with Gasteiger partial charge in [0, 0.05) is 13.5 Å². The Morgan fingerprint density at radius 2 is 2.40 bits per heavy atom. The van der Waals surface area contributed by atoms with Crippen molar-refractivity contribution in [1.29, 1.82) is 0 Å². The predicted octanol–water partition coefficient (Wildman–Crippen LogP) is 1.00. The molecule has 0 aliphatic carbocycles. The molecule has 1 atom stereocenters. The van der Waals surface area contributed by atoms with Crippen molar-refractivity contribution in [3.8, 4) is 0 Å². The summed E-state index contributed by atoms with van der Waals surface area (Å²) in [5.41, 5.74) is 1.56. The van der Waals surface area contributed by atoms with Gasteiger partial charge in [0.1, 0.15) is 6.79 Å². The molecule has 0 spiro atoms. The number of rotatable bonds is 8. The van der Waals surface area contributed by atoms with Crippen molar-refractivity contribution in [3.63, 3.8) is 0 Å². The van der Waals surface area contributed by atoms with Gasteiger partial charge in [0.05, 0.1) is 6.10 Å². The number of carbonyl (C=O) groups excluding carboxylic acids is 1. The van der Waals surface area contributed by atoms with E-state index >= 15 is 0 Å². The third kappa shape index (κ3) is 7.87. The molecule has 2 N–H and O–H groups in total. The highest BCUT2D eigenvalue weighted by Crippen LogP contribution is 2.04. The number of amides is 1. The predicted molar refractivity (Wildman–Crippen MR) is 55.2 cm³/mol. The van der Waals surface area contributed by atoms with Gasteiger partial charge >= 0.3 is 0 Å². The van der Waals surface area contributed by atoms with Gasteiger partial charge in [-0.25, -0.2) is 5.48 Å². The van der Waals surface area contributed by atoms with Crippen LogP contribution in [-0.4, -0.2) is 31.1 Å². The van der Waals surface area contributed by atoms with Crippen LogP contribution in [0.15, 0.2) is 24.8 Å². The van der Waals surface area contributed by atoms with E-state index in [-0.39, 0.29) is 19.3 Å². The van der Waals surface area contributed by atoms with Crippen LogP contribution in [0.3, 0.4) is 0 Å². The first-order valence-corrected chi connectivity index (χ1v) is 4.57. The van der Waals surface area contributed by atoms with Gasteiger partial charge in [0.2, 0.25) is 5.91 Å². The standard InChI is InChI=1S/C10H17NO4/c1-3-4-5-9(15-8-14-2)6-7-10(12)11-13/h3-5,9,13H,1,6-8H2,2H3,(H,11,12)/b5-4+/t9-/m0/s1. The fraction of sp³-hybridized carbons (Fsp3) is 0.500. The summed E-state index contributed by atoms with van der Waals surface area (Å²) in [5.74, 6) is -0.437. The molecule has 0 fully saturated rings. The minimum atomic E-state index is -0.437. The van der Waals surface area contributed by atoms with Crippen molar-refractivity contribution in [1.82, 2.24) is 5.48 Å². The molecule has 0 aliphatic rings. The number of hydrogen-bond donors (Lipinski definition) is 2. The Hall–Kier alpha value is -1.17. The van der Waals surface area contributed by atoms with E-state index in [1.807, 2.05) is 0 Å². The van der Waals surface area contributed by atoms with Crippen LogP contribution in [0, 0.1) is 0 Å². The molecule has 5 heteroatoms. The number of methoxy groups -OCH3 is 1. The van der Waals surface area contributed by atoms with E-state index in [1.165, 1.54) is 7.11 Å². The number of nitrogens with one attached hydrogen (secondary N) is 1. The first kappa shape index (κ1) is 13.8. The molecule has 0 rings (SSSR count). The fourth-order valence-electron chi connectivity index (χ4n) is 0.922. The van der Waals surface area contributed by atoms with Crippen LogP contribution in [0.25, 0.3) is 0 Å². The Balaban J connectivity index is 3.94. The molecule has 0 aromatic heterocycles. The maximum absolute atomic E-state index is 10.8. The Kier molecular flexibility index (Phi) is 8.66. The summed E-state index contributed by atoms with van der Waals surface area (Å²) in [6, 6.07) is 0. The Labute approximate surface area is 89.3 Å². The van der Waals surface area contributed by atoms with Gasteiger partial charge in [-0.3, -0.25) is 10.0 Å². The van der Waals surface area contributed by atoms with Crippen molar-refractivity contribution >= 4 is 5.91 Å². The monoisotopic (exact) mass is 215 g/mol. The summed E-state index contributed by atoms with van der Waals surface area (Å²) >= 11 is 0. The molecule has 0 bridgehead atoms. The molecule has 0 saturated carbocycles. The summed E-state index contributed by atoms with van der Waals surface area (Å²) < 4.78 is 10.0. The van der Waals surface area contributed by atoms with Gasteiger partial charge in [-0.15, -0.1) is 0 Å². The lowest BCUT2D eigenvalue weighted by atomic mass is 10.2. The zero-order chi connectivity index (χ0) is 11.5.